The van der Waals surface area contributed by atoms with Crippen molar-refractivity contribution in [2.45, 2.75) is 0 Å². The van der Waals surface area contributed by atoms with E-state index >= 15 is 0 Å². The summed E-state index contributed by atoms with van der Waals surface area (Å²) >= 11 is 11.9. The predicted molar refractivity (Wildman–Crippen MR) is 99.9 cm³/mol. The fraction of sp³-hybridized carbons (Fsp3) is 0.357. The number of rotatable bonds is 11. The van der Waals surface area contributed by atoms with Crippen molar-refractivity contribution in [2.75, 3.05) is 33.2 Å². The molecule has 0 bridgehead atoms. The van der Waals surface area contributed by atoms with Crippen molar-refractivity contribution >= 4 is 41.5 Å². The van der Waals surface area contributed by atoms with Crippen LogP contribution >= 0.6 is 23.2 Å². The van der Waals surface area contributed by atoms with E-state index in [1.165, 1.54) is 6.21 Å². The minimum atomic E-state index is -0.993. The third-order valence-corrected chi connectivity index (χ3v) is 3.32. The summed E-state index contributed by atoms with van der Waals surface area (Å²) in [6, 6.07) is 4.99. The first kappa shape index (κ1) is 23.2. The maximum absolute atomic E-state index is 11.3. The molecule has 3 N–H and O–H groups in total. The summed E-state index contributed by atoms with van der Waals surface area (Å²) in [6.07, 6.45) is 0.367. The molecule has 14 heteroatoms. The van der Waals surface area contributed by atoms with Gasteiger partial charge in [-0.05, 0) is 12.1 Å². The number of halogens is 2. The lowest BCUT2D eigenvalue weighted by Crippen LogP contribution is -2.28. The van der Waals surface area contributed by atoms with Crippen LogP contribution in [0.1, 0.15) is 5.56 Å². The molecule has 0 unspecified atom stereocenters. The number of nitrogens with one attached hydrogen (secondary N) is 1. The zero-order valence-corrected chi connectivity index (χ0v) is 15.9. The van der Waals surface area contributed by atoms with Gasteiger partial charge in [-0.2, -0.15) is 5.10 Å². The van der Waals surface area contributed by atoms with Crippen LogP contribution in [-0.2, 0) is 19.0 Å². The van der Waals surface area contributed by atoms with Crippen LogP contribution in [0.4, 0.5) is 4.79 Å². The molecule has 0 aliphatic rings. The van der Waals surface area contributed by atoms with Crippen LogP contribution in [0.3, 0.4) is 0 Å². The van der Waals surface area contributed by atoms with Gasteiger partial charge >= 0.3 is 6.16 Å². The van der Waals surface area contributed by atoms with Gasteiger partial charge in [-0.3, -0.25) is 0 Å². The second kappa shape index (κ2) is 13.4. The normalized spacial score (nSPS) is 11.3. The molecule has 0 aliphatic heterocycles. The number of aliphatic imine (C=N–C) groups is 1. The second-order valence-electron chi connectivity index (χ2n) is 4.59. The van der Waals surface area contributed by atoms with Crippen LogP contribution in [0.15, 0.2) is 28.3 Å². The Balaban J connectivity index is 2.17. The number of hydrazone groups is 1. The highest BCUT2D eigenvalue weighted by atomic mass is 35.5. The van der Waals surface area contributed by atoms with Gasteiger partial charge in [0.2, 0.25) is 5.96 Å². The zero-order chi connectivity index (χ0) is 20.8. The average Bonchev–Trinajstić information content (AvgIpc) is 2.63. The Labute approximate surface area is 169 Å². The molecule has 0 amide bonds. The molecule has 0 saturated carbocycles. The van der Waals surface area contributed by atoms with E-state index in [2.05, 4.69) is 29.8 Å². The molecule has 0 saturated heterocycles. The lowest BCUT2D eigenvalue weighted by molar-refractivity contribution is -0.758. The molecule has 28 heavy (non-hydrogen) atoms. The number of carbonyl (C=O) groups is 1. The van der Waals surface area contributed by atoms with E-state index in [4.69, 9.17) is 33.7 Å². The van der Waals surface area contributed by atoms with Gasteiger partial charge in [0.05, 0.1) is 29.5 Å². The summed E-state index contributed by atoms with van der Waals surface area (Å²) in [6.45, 7) is -0.743. The van der Waals surface area contributed by atoms with Crippen molar-refractivity contribution in [2.24, 2.45) is 15.8 Å². The lowest BCUT2D eigenvalue weighted by atomic mass is 10.2. The van der Waals surface area contributed by atoms with Crippen LogP contribution < -0.4 is 11.2 Å². The first-order valence-electron chi connectivity index (χ1n) is 7.57. The minimum absolute atomic E-state index is 0.0163. The van der Waals surface area contributed by atoms with E-state index in [-0.39, 0.29) is 32.4 Å². The largest absolute Gasteiger partial charge is 0.510 e. The van der Waals surface area contributed by atoms with Gasteiger partial charge in [0, 0.05) is 5.56 Å². The fourth-order valence-corrected chi connectivity index (χ4v) is 1.98. The highest BCUT2D eigenvalue weighted by Crippen LogP contribution is 2.21. The van der Waals surface area contributed by atoms with E-state index in [1.54, 1.807) is 18.2 Å². The van der Waals surface area contributed by atoms with Gasteiger partial charge in [-0.1, -0.05) is 29.3 Å². The molecule has 1 rings (SSSR count). The number of carbonyl (C=O) groups excluding carboxylic acids is 1. The monoisotopic (exact) mass is 437 g/mol. The third kappa shape index (κ3) is 10.4. The summed E-state index contributed by atoms with van der Waals surface area (Å²) in [5, 5.41) is 13.6. The number of guanidine groups is 1. The van der Waals surface area contributed by atoms with Crippen molar-refractivity contribution in [3.05, 3.63) is 43.9 Å². The second-order valence-corrected chi connectivity index (χ2v) is 5.40. The van der Waals surface area contributed by atoms with E-state index in [0.717, 1.165) is 0 Å². The highest BCUT2D eigenvalue weighted by Gasteiger charge is 2.04. The van der Waals surface area contributed by atoms with Crippen LogP contribution in [0.25, 0.3) is 0 Å². The SMILES string of the molecule is NC(=NCOC(=O)OCCOCCO[N+](=O)[O-])N/N=C/c1c(Cl)cccc1Cl. The van der Waals surface area contributed by atoms with Gasteiger partial charge in [0.25, 0.3) is 5.09 Å². The molecule has 1 aromatic carbocycles. The molecule has 0 aliphatic carbocycles. The Morgan fingerprint density at radius 1 is 1.21 bits per heavy atom. The van der Waals surface area contributed by atoms with E-state index < -0.39 is 18.0 Å². The van der Waals surface area contributed by atoms with Crippen molar-refractivity contribution in [1.82, 2.24) is 5.43 Å². The Morgan fingerprint density at radius 3 is 2.57 bits per heavy atom. The summed E-state index contributed by atoms with van der Waals surface area (Å²) in [7, 11) is 0. The van der Waals surface area contributed by atoms with Gasteiger partial charge < -0.3 is 24.8 Å². The molecular formula is C14H17Cl2N5O7. The molecule has 0 fully saturated rings. The number of hydrogen-bond acceptors (Lipinski definition) is 9. The fourth-order valence-electron chi connectivity index (χ4n) is 1.49. The van der Waals surface area contributed by atoms with Gasteiger partial charge in [0.15, 0.2) is 6.73 Å². The quantitative estimate of drug-likeness (QED) is 0.131. The van der Waals surface area contributed by atoms with Gasteiger partial charge in [0.1, 0.15) is 13.2 Å². The van der Waals surface area contributed by atoms with Crippen LogP contribution in [0.5, 0.6) is 0 Å². The molecule has 0 aromatic heterocycles. The van der Waals surface area contributed by atoms with Gasteiger partial charge in [-0.15, -0.1) is 10.1 Å². The van der Waals surface area contributed by atoms with E-state index in [1.807, 2.05) is 0 Å². The molecule has 0 radical (unpaired) electrons. The first-order chi connectivity index (χ1) is 13.4. The Hall–Kier alpha value is -2.83. The number of ether oxygens (including phenoxy) is 3. The number of nitrogens with two attached hydrogens (primary N) is 1. The average molecular weight is 438 g/mol. The zero-order valence-electron chi connectivity index (χ0n) is 14.4. The maximum atomic E-state index is 11.3. The predicted octanol–water partition coefficient (Wildman–Crippen LogP) is 1.57. The molecule has 0 spiro atoms. The smallest absolute Gasteiger partial charge is 0.432 e. The minimum Gasteiger partial charge on any atom is -0.432 e. The van der Waals surface area contributed by atoms with Crippen molar-refractivity contribution in [3.63, 3.8) is 0 Å². The highest BCUT2D eigenvalue weighted by molar-refractivity contribution is 6.38. The molecule has 0 heterocycles. The summed E-state index contributed by atoms with van der Waals surface area (Å²) < 4.78 is 14.2. The maximum Gasteiger partial charge on any atom is 0.510 e. The standard InChI is InChI=1S/C14H17Cl2N5O7/c15-11-2-1-3-12(16)10(11)8-19-20-13(17)18-9-27-14(22)26-6-4-25-5-7-28-21(23)24/h1-3,8H,4-7,9H2,(H3,17,18,20)/b19-8+. The Morgan fingerprint density at radius 2 is 1.89 bits per heavy atom. The molecule has 0 atom stereocenters. The van der Waals surface area contributed by atoms with E-state index in [9.17, 15) is 14.9 Å². The number of benzene rings is 1. The topological polar surface area (TPSA) is 160 Å². The number of hydrogen-bond donors (Lipinski definition) is 2. The lowest BCUT2D eigenvalue weighted by Gasteiger charge is -2.06. The molecule has 154 valence electrons. The van der Waals surface area contributed by atoms with Crippen LogP contribution in [-0.4, -0.2) is 56.6 Å². The van der Waals surface area contributed by atoms with Crippen LogP contribution in [0, 0.1) is 10.1 Å². The Kier molecular flexibility index (Phi) is 11.1. The number of nitrogens with zero attached hydrogens (tertiary/aromatic N) is 3. The first-order valence-corrected chi connectivity index (χ1v) is 8.33. The molecular weight excluding hydrogens is 421 g/mol. The summed E-state index contributed by atoms with van der Waals surface area (Å²) in [5.41, 5.74) is 8.44. The summed E-state index contributed by atoms with van der Waals surface area (Å²) in [4.78, 5) is 28.9. The van der Waals surface area contributed by atoms with Crippen LogP contribution in [0.2, 0.25) is 10.0 Å². The molecule has 12 nitrogen and oxygen atoms in total. The van der Waals surface area contributed by atoms with E-state index in [0.29, 0.717) is 15.6 Å². The Bertz CT molecular complexity index is 697. The van der Waals surface area contributed by atoms with Crippen molar-refractivity contribution in [1.29, 1.82) is 0 Å². The third-order valence-electron chi connectivity index (χ3n) is 2.66. The summed E-state index contributed by atoms with van der Waals surface area (Å²) in [5.74, 6) is -0.124. The van der Waals surface area contributed by atoms with Crippen molar-refractivity contribution < 1.29 is 28.9 Å². The van der Waals surface area contributed by atoms with Gasteiger partial charge in [-0.25, -0.2) is 15.2 Å². The van der Waals surface area contributed by atoms with Crippen molar-refractivity contribution in [3.8, 4) is 0 Å². The molecule has 1 aromatic rings.